The fraction of sp³-hybridized carbons (Fsp3) is 0.655. The molecule has 0 aromatic heterocycles. The Bertz CT molecular complexity index is 744. The summed E-state index contributed by atoms with van der Waals surface area (Å²) in [5.41, 5.74) is 2.90. The van der Waals surface area contributed by atoms with Gasteiger partial charge in [0.1, 0.15) is 6.10 Å². The van der Waals surface area contributed by atoms with Crippen LogP contribution in [-0.4, -0.2) is 12.1 Å². The number of ether oxygens (including phenoxy) is 1. The van der Waals surface area contributed by atoms with Crippen molar-refractivity contribution in [2.24, 2.45) is 11.8 Å². The Kier molecular flexibility index (Phi) is 10.3. The first-order valence-corrected chi connectivity index (χ1v) is 13.0. The highest BCUT2D eigenvalue weighted by atomic mass is 16.5. The zero-order chi connectivity index (χ0) is 22.6. The number of nitriles is 1. The van der Waals surface area contributed by atoms with Crippen molar-refractivity contribution in [2.75, 3.05) is 0 Å². The molecule has 0 amide bonds. The smallest absolute Gasteiger partial charge is 0.309 e. The van der Waals surface area contributed by atoms with Crippen LogP contribution in [0, 0.1) is 23.2 Å². The van der Waals surface area contributed by atoms with Gasteiger partial charge in [-0.1, -0.05) is 50.1 Å². The van der Waals surface area contributed by atoms with Crippen LogP contribution in [0.15, 0.2) is 36.4 Å². The summed E-state index contributed by atoms with van der Waals surface area (Å²) in [5, 5.41) is 8.56. The topological polar surface area (TPSA) is 50.1 Å². The SMILES string of the molecule is CCCCCc1ccc(C2CCC(C(=O)OC3CCC(CCC=CC#N)CC3)CC2)cc1. The molecule has 0 spiro atoms. The number of unbranched alkanes of at least 4 members (excludes halogenated alkanes) is 2. The van der Waals surface area contributed by atoms with Crippen LogP contribution >= 0.6 is 0 Å². The van der Waals surface area contributed by atoms with E-state index in [-0.39, 0.29) is 18.0 Å². The maximum Gasteiger partial charge on any atom is 0.309 e. The fourth-order valence-corrected chi connectivity index (χ4v) is 5.46. The number of nitrogens with zero attached hydrogens (tertiary/aromatic N) is 1. The molecule has 2 saturated carbocycles. The number of allylic oxidation sites excluding steroid dienone is 2. The molecule has 3 nitrogen and oxygen atoms in total. The van der Waals surface area contributed by atoms with E-state index in [1.165, 1.54) is 36.8 Å². The van der Waals surface area contributed by atoms with Crippen molar-refractivity contribution in [3.8, 4) is 6.07 Å². The summed E-state index contributed by atoms with van der Waals surface area (Å²) in [6.07, 6.45) is 19.2. The summed E-state index contributed by atoms with van der Waals surface area (Å²) >= 11 is 0. The minimum absolute atomic E-state index is 0.0510. The summed E-state index contributed by atoms with van der Waals surface area (Å²) in [6, 6.07) is 11.3. The second kappa shape index (κ2) is 13.5. The lowest BCUT2D eigenvalue weighted by Crippen LogP contribution is -2.29. The molecule has 1 aromatic rings. The number of rotatable bonds is 10. The van der Waals surface area contributed by atoms with Gasteiger partial charge in [-0.2, -0.15) is 5.26 Å². The highest BCUT2D eigenvalue weighted by molar-refractivity contribution is 5.72. The Morgan fingerprint density at radius 3 is 2.41 bits per heavy atom. The molecular weight excluding hydrogens is 394 g/mol. The second-order valence-electron chi connectivity index (χ2n) is 9.94. The summed E-state index contributed by atoms with van der Waals surface area (Å²) in [4.78, 5) is 12.7. The van der Waals surface area contributed by atoms with Crippen molar-refractivity contribution in [1.82, 2.24) is 0 Å². The van der Waals surface area contributed by atoms with Crippen LogP contribution in [-0.2, 0) is 16.0 Å². The Labute approximate surface area is 195 Å². The molecule has 2 aliphatic rings. The predicted molar refractivity (Wildman–Crippen MR) is 130 cm³/mol. The molecule has 0 aliphatic heterocycles. The summed E-state index contributed by atoms with van der Waals surface area (Å²) in [6.45, 7) is 2.25. The minimum Gasteiger partial charge on any atom is -0.462 e. The Hall–Kier alpha value is -2.08. The van der Waals surface area contributed by atoms with E-state index >= 15 is 0 Å². The van der Waals surface area contributed by atoms with Gasteiger partial charge in [-0.05, 0) is 100 Å². The number of esters is 1. The van der Waals surface area contributed by atoms with E-state index in [2.05, 4.69) is 31.2 Å². The summed E-state index contributed by atoms with van der Waals surface area (Å²) < 4.78 is 5.93. The van der Waals surface area contributed by atoms with Gasteiger partial charge in [0, 0.05) is 6.08 Å². The summed E-state index contributed by atoms with van der Waals surface area (Å²) in [5.74, 6) is 1.44. The molecular formula is C29H41NO2. The van der Waals surface area contributed by atoms with E-state index in [0.717, 1.165) is 64.2 Å². The van der Waals surface area contributed by atoms with Crippen molar-refractivity contribution in [2.45, 2.75) is 109 Å². The molecule has 3 rings (SSSR count). The maximum absolute atomic E-state index is 12.7. The molecule has 3 heteroatoms. The molecule has 0 bridgehead atoms. The highest BCUT2D eigenvalue weighted by Gasteiger charge is 2.31. The maximum atomic E-state index is 12.7. The predicted octanol–water partition coefficient (Wildman–Crippen LogP) is 7.66. The van der Waals surface area contributed by atoms with Crippen LogP contribution in [0.2, 0.25) is 0 Å². The number of carbonyl (C=O) groups excluding carboxylic acids is 1. The van der Waals surface area contributed by atoms with Crippen LogP contribution < -0.4 is 0 Å². The van der Waals surface area contributed by atoms with Crippen molar-refractivity contribution in [1.29, 1.82) is 5.26 Å². The van der Waals surface area contributed by atoms with Crippen LogP contribution in [0.25, 0.3) is 0 Å². The quantitative estimate of drug-likeness (QED) is 0.215. The zero-order valence-corrected chi connectivity index (χ0v) is 19.9. The van der Waals surface area contributed by atoms with Crippen LogP contribution in [0.5, 0.6) is 0 Å². The van der Waals surface area contributed by atoms with Gasteiger partial charge in [0.15, 0.2) is 0 Å². The zero-order valence-electron chi connectivity index (χ0n) is 19.9. The van der Waals surface area contributed by atoms with E-state index in [1.807, 2.05) is 12.1 Å². The average Bonchev–Trinajstić information content (AvgIpc) is 2.83. The van der Waals surface area contributed by atoms with Crippen LogP contribution in [0.3, 0.4) is 0 Å². The van der Waals surface area contributed by atoms with Crippen molar-refractivity contribution < 1.29 is 9.53 Å². The lowest BCUT2D eigenvalue weighted by Gasteiger charge is -2.31. The van der Waals surface area contributed by atoms with E-state index in [9.17, 15) is 4.79 Å². The van der Waals surface area contributed by atoms with Crippen LogP contribution in [0.4, 0.5) is 0 Å². The number of benzene rings is 1. The first-order chi connectivity index (χ1) is 15.7. The molecule has 0 radical (unpaired) electrons. The van der Waals surface area contributed by atoms with Crippen LogP contribution in [0.1, 0.15) is 107 Å². The van der Waals surface area contributed by atoms with Gasteiger partial charge in [0.2, 0.25) is 0 Å². The fourth-order valence-electron chi connectivity index (χ4n) is 5.46. The largest absolute Gasteiger partial charge is 0.462 e. The number of carbonyl (C=O) groups is 1. The Morgan fingerprint density at radius 1 is 1.03 bits per heavy atom. The summed E-state index contributed by atoms with van der Waals surface area (Å²) in [7, 11) is 0. The van der Waals surface area contributed by atoms with Crippen molar-refractivity contribution in [3.05, 3.63) is 47.5 Å². The molecule has 0 saturated heterocycles. The number of hydrogen-bond donors (Lipinski definition) is 0. The van der Waals surface area contributed by atoms with Gasteiger partial charge in [-0.15, -0.1) is 0 Å². The van der Waals surface area contributed by atoms with E-state index < -0.39 is 0 Å². The van der Waals surface area contributed by atoms with Gasteiger partial charge in [0.25, 0.3) is 0 Å². The molecule has 2 fully saturated rings. The molecule has 174 valence electrons. The Balaban J connectivity index is 1.35. The monoisotopic (exact) mass is 435 g/mol. The van der Waals surface area contributed by atoms with Gasteiger partial charge in [0.05, 0.1) is 12.0 Å². The molecule has 0 heterocycles. The van der Waals surface area contributed by atoms with E-state index in [1.54, 1.807) is 6.08 Å². The molecule has 2 aliphatic carbocycles. The first kappa shape index (κ1) is 24.6. The normalized spacial score (nSPS) is 26.0. The second-order valence-corrected chi connectivity index (χ2v) is 9.94. The van der Waals surface area contributed by atoms with Crippen molar-refractivity contribution in [3.63, 3.8) is 0 Å². The lowest BCUT2D eigenvalue weighted by atomic mass is 9.78. The van der Waals surface area contributed by atoms with Gasteiger partial charge < -0.3 is 4.74 Å². The Morgan fingerprint density at radius 2 is 1.75 bits per heavy atom. The van der Waals surface area contributed by atoms with Gasteiger partial charge in [-0.3, -0.25) is 4.79 Å². The molecule has 0 atom stereocenters. The molecule has 0 unspecified atom stereocenters. The third-order valence-corrected chi connectivity index (χ3v) is 7.59. The van der Waals surface area contributed by atoms with Gasteiger partial charge >= 0.3 is 5.97 Å². The van der Waals surface area contributed by atoms with E-state index in [4.69, 9.17) is 10.00 Å². The molecule has 32 heavy (non-hydrogen) atoms. The van der Waals surface area contributed by atoms with E-state index in [0.29, 0.717) is 11.8 Å². The molecule has 1 aromatic carbocycles. The van der Waals surface area contributed by atoms with Gasteiger partial charge in [-0.25, -0.2) is 0 Å². The number of hydrogen-bond acceptors (Lipinski definition) is 3. The first-order valence-electron chi connectivity index (χ1n) is 13.0. The lowest BCUT2D eigenvalue weighted by molar-refractivity contribution is -0.157. The van der Waals surface area contributed by atoms with Crippen molar-refractivity contribution >= 4 is 5.97 Å². The third-order valence-electron chi connectivity index (χ3n) is 7.59. The minimum atomic E-state index is 0.0510. The highest BCUT2D eigenvalue weighted by Crippen LogP contribution is 2.37. The standard InChI is InChI=1S/C29H41NO2/c1-2-3-5-8-23-10-14-25(15-11-23)26-16-18-27(19-17-26)29(31)32-28-20-12-24(13-21-28)9-6-4-7-22-30/h4,7,10-11,14-15,24,26-28H,2-3,5-6,8-9,12-13,16-21H2,1H3. The molecule has 0 N–H and O–H groups in total. The average molecular weight is 436 g/mol. The number of aryl methyl sites for hydroxylation is 1. The third kappa shape index (κ3) is 7.80.